The van der Waals surface area contributed by atoms with Crippen molar-refractivity contribution in [2.45, 2.75) is 32.6 Å². The first kappa shape index (κ1) is 20.0. The van der Waals surface area contributed by atoms with Gasteiger partial charge >= 0.3 is 0 Å². The minimum atomic E-state index is 0. The summed E-state index contributed by atoms with van der Waals surface area (Å²) < 4.78 is 0. The fraction of sp³-hybridized carbons (Fsp3) is 0.471. The highest BCUT2D eigenvalue weighted by Gasteiger charge is 1.99. The Bertz CT molecular complexity index is 424. The minimum Gasteiger partial charge on any atom is -0.356 e. The normalized spacial score (nSPS) is 11.0. The van der Waals surface area contributed by atoms with Crippen LogP contribution in [0, 0.1) is 0 Å². The number of hydrogen-bond acceptors (Lipinski definition) is 1. The highest BCUT2D eigenvalue weighted by molar-refractivity contribution is 14.0. The zero-order valence-corrected chi connectivity index (χ0v) is 15.7. The van der Waals surface area contributed by atoms with E-state index in [1.54, 1.807) is 7.05 Å². The van der Waals surface area contributed by atoms with Crippen molar-refractivity contribution in [3.05, 3.63) is 48.0 Å². The topological polar surface area (TPSA) is 36.4 Å². The molecule has 21 heavy (non-hydrogen) atoms. The van der Waals surface area contributed by atoms with Gasteiger partial charge in [0.25, 0.3) is 0 Å². The smallest absolute Gasteiger partial charge is 0.191 e. The van der Waals surface area contributed by atoms with E-state index < -0.39 is 0 Å². The summed E-state index contributed by atoms with van der Waals surface area (Å²) in [5.41, 5.74) is 2.80. The molecular formula is C17H28IN3. The number of nitrogens with zero attached hydrogens (tertiary/aromatic N) is 1. The van der Waals surface area contributed by atoms with Crippen molar-refractivity contribution in [3.63, 3.8) is 0 Å². The van der Waals surface area contributed by atoms with Crippen molar-refractivity contribution in [2.24, 2.45) is 4.99 Å². The molecule has 0 aliphatic rings. The van der Waals surface area contributed by atoms with Crippen LogP contribution in [0.4, 0.5) is 0 Å². The first-order chi connectivity index (χ1) is 9.67. The lowest BCUT2D eigenvalue weighted by Crippen LogP contribution is -2.37. The van der Waals surface area contributed by atoms with E-state index in [-0.39, 0.29) is 24.0 Å². The number of aliphatic imine (C=N–C) groups is 1. The molecule has 0 radical (unpaired) electrons. The second-order valence-corrected chi connectivity index (χ2v) is 5.17. The zero-order valence-electron chi connectivity index (χ0n) is 13.4. The monoisotopic (exact) mass is 401 g/mol. The van der Waals surface area contributed by atoms with Gasteiger partial charge in [0, 0.05) is 20.1 Å². The number of rotatable bonds is 7. The van der Waals surface area contributed by atoms with Crippen molar-refractivity contribution in [2.75, 3.05) is 20.1 Å². The third kappa shape index (κ3) is 8.09. The Hall–Kier alpha value is -1.04. The van der Waals surface area contributed by atoms with Crippen LogP contribution >= 0.6 is 24.0 Å². The van der Waals surface area contributed by atoms with Gasteiger partial charge in [0.1, 0.15) is 0 Å². The number of halogens is 1. The maximum absolute atomic E-state index is 4.15. The average Bonchev–Trinajstić information content (AvgIpc) is 2.47. The quantitative estimate of drug-likeness (QED) is 0.240. The Kier molecular flexibility index (Phi) is 11.0. The van der Waals surface area contributed by atoms with Crippen LogP contribution in [0.2, 0.25) is 0 Å². The fourth-order valence-electron chi connectivity index (χ4n) is 1.96. The molecule has 0 bridgehead atoms. The molecule has 1 aromatic carbocycles. The summed E-state index contributed by atoms with van der Waals surface area (Å²) in [4.78, 5) is 4.15. The van der Waals surface area contributed by atoms with E-state index in [1.807, 2.05) is 6.08 Å². The van der Waals surface area contributed by atoms with Crippen molar-refractivity contribution >= 4 is 29.9 Å². The first-order valence-corrected chi connectivity index (χ1v) is 7.31. The molecule has 0 unspecified atom stereocenters. The standard InChI is InChI=1S/C17H27N3.HI/c1-5-12-19-17(18-4)20-13-6-7-15-8-10-16(11-9-15)14(2)3;/h5,8-11,14H,1,6-7,12-13H2,2-4H3,(H2,18,19,20);1H. The SMILES string of the molecule is C=CCNC(=NC)NCCCc1ccc(C(C)C)cc1.I. The summed E-state index contributed by atoms with van der Waals surface area (Å²) >= 11 is 0. The van der Waals surface area contributed by atoms with E-state index in [2.05, 4.69) is 60.3 Å². The molecule has 4 heteroatoms. The third-order valence-electron chi connectivity index (χ3n) is 3.22. The lowest BCUT2D eigenvalue weighted by molar-refractivity contribution is 0.752. The predicted molar refractivity (Wildman–Crippen MR) is 104 cm³/mol. The summed E-state index contributed by atoms with van der Waals surface area (Å²) in [6, 6.07) is 8.94. The number of benzene rings is 1. The van der Waals surface area contributed by atoms with Gasteiger partial charge in [0.05, 0.1) is 0 Å². The van der Waals surface area contributed by atoms with Gasteiger partial charge in [-0.2, -0.15) is 0 Å². The molecule has 0 aromatic heterocycles. The maximum Gasteiger partial charge on any atom is 0.191 e. The molecule has 1 aromatic rings. The average molecular weight is 401 g/mol. The van der Waals surface area contributed by atoms with Crippen molar-refractivity contribution in [1.29, 1.82) is 0 Å². The third-order valence-corrected chi connectivity index (χ3v) is 3.22. The second kappa shape index (κ2) is 11.6. The Morgan fingerprint density at radius 1 is 1.24 bits per heavy atom. The van der Waals surface area contributed by atoms with E-state index in [0.717, 1.165) is 31.9 Å². The molecule has 0 atom stereocenters. The molecule has 0 saturated heterocycles. The molecule has 0 fully saturated rings. The predicted octanol–water partition coefficient (Wildman–Crippen LogP) is 3.71. The van der Waals surface area contributed by atoms with Gasteiger partial charge < -0.3 is 10.6 Å². The first-order valence-electron chi connectivity index (χ1n) is 7.31. The lowest BCUT2D eigenvalue weighted by atomic mass is 10.0. The van der Waals surface area contributed by atoms with E-state index in [9.17, 15) is 0 Å². The minimum absolute atomic E-state index is 0. The Morgan fingerprint density at radius 2 is 1.90 bits per heavy atom. The van der Waals surface area contributed by atoms with E-state index in [0.29, 0.717) is 5.92 Å². The van der Waals surface area contributed by atoms with Crippen LogP contribution < -0.4 is 10.6 Å². The Labute approximate surface area is 146 Å². The molecular weight excluding hydrogens is 373 g/mol. The van der Waals surface area contributed by atoms with E-state index in [1.165, 1.54) is 11.1 Å². The molecule has 118 valence electrons. The van der Waals surface area contributed by atoms with Crippen molar-refractivity contribution in [1.82, 2.24) is 10.6 Å². The van der Waals surface area contributed by atoms with Gasteiger partial charge in [-0.15, -0.1) is 30.6 Å². The van der Waals surface area contributed by atoms with E-state index >= 15 is 0 Å². The van der Waals surface area contributed by atoms with Gasteiger partial charge in [-0.3, -0.25) is 4.99 Å². The van der Waals surface area contributed by atoms with Crippen LogP contribution in [0.1, 0.15) is 37.3 Å². The molecule has 0 spiro atoms. The highest BCUT2D eigenvalue weighted by Crippen LogP contribution is 2.15. The van der Waals surface area contributed by atoms with Crippen molar-refractivity contribution < 1.29 is 0 Å². The second-order valence-electron chi connectivity index (χ2n) is 5.17. The zero-order chi connectivity index (χ0) is 14.8. The van der Waals surface area contributed by atoms with Gasteiger partial charge in [-0.1, -0.05) is 44.2 Å². The molecule has 0 saturated carbocycles. The summed E-state index contributed by atoms with van der Waals surface area (Å²) in [6.07, 6.45) is 4.00. The molecule has 1 rings (SSSR count). The number of hydrogen-bond donors (Lipinski definition) is 2. The number of nitrogens with one attached hydrogen (secondary N) is 2. The molecule has 0 amide bonds. The van der Waals surface area contributed by atoms with Gasteiger partial charge in [-0.25, -0.2) is 0 Å². The summed E-state index contributed by atoms with van der Waals surface area (Å²) in [7, 11) is 1.78. The Morgan fingerprint density at radius 3 is 2.43 bits per heavy atom. The molecule has 3 nitrogen and oxygen atoms in total. The molecule has 0 aliphatic heterocycles. The fourth-order valence-corrected chi connectivity index (χ4v) is 1.96. The molecule has 2 N–H and O–H groups in total. The maximum atomic E-state index is 4.15. The summed E-state index contributed by atoms with van der Waals surface area (Å²) in [5.74, 6) is 1.44. The van der Waals surface area contributed by atoms with Gasteiger partial charge in [-0.05, 0) is 29.9 Å². The van der Waals surface area contributed by atoms with Crippen LogP contribution in [-0.2, 0) is 6.42 Å². The van der Waals surface area contributed by atoms with Gasteiger partial charge in [0.2, 0.25) is 0 Å². The molecule has 0 aliphatic carbocycles. The summed E-state index contributed by atoms with van der Waals surface area (Å²) in [6.45, 7) is 9.78. The van der Waals surface area contributed by atoms with Crippen LogP contribution in [0.3, 0.4) is 0 Å². The van der Waals surface area contributed by atoms with Gasteiger partial charge in [0.15, 0.2) is 5.96 Å². The van der Waals surface area contributed by atoms with Crippen LogP contribution in [0.25, 0.3) is 0 Å². The van der Waals surface area contributed by atoms with Crippen LogP contribution in [0.15, 0.2) is 41.9 Å². The van der Waals surface area contributed by atoms with Crippen LogP contribution in [0.5, 0.6) is 0 Å². The number of aryl methyl sites for hydroxylation is 1. The highest BCUT2D eigenvalue weighted by atomic mass is 127. The lowest BCUT2D eigenvalue weighted by Gasteiger charge is -2.10. The van der Waals surface area contributed by atoms with E-state index in [4.69, 9.17) is 0 Å². The summed E-state index contributed by atoms with van der Waals surface area (Å²) in [5, 5.41) is 6.45. The largest absolute Gasteiger partial charge is 0.356 e. The number of guanidine groups is 1. The van der Waals surface area contributed by atoms with Crippen LogP contribution in [-0.4, -0.2) is 26.1 Å². The van der Waals surface area contributed by atoms with Crippen molar-refractivity contribution in [3.8, 4) is 0 Å². The Balaban J connectivity index is 0.00000400. The molecule has 0 heterocycles.